The van der Waals surface area contributed by atoms with Gasteiger partial charge in [0.1, 0.15) is 0 Å². The molecule has 0 aliphatic heterocycles. The maximum Gasteiger partial charge on any atom is 0.311 e. The van der Waals surface area contributed by atoms with Crippen molar-refractivity contribution in [3.63, 3.8) is 0 Å². The second-order valence-corrected chi connectivity index (χ2v) is 7.27. The Morgan fingerprint density at radius 1 is 0.846 bits per heavy atom. The molecule has 0 bridgehead atoms. The summed E-state index contributed by atoms with van der Waals surface area (Å²) in [5.74, 6) is -0.332. The molecule has 0 atom stereocenters. The zero-order valence-electron chi connectivity index (χ0n) is 15.0. The summed E-state index contributed by atoms with van der Waals surface area (Å²) in [4.78, 5) is 23.2. The van der Waals surface area contributed by atoms with Crippen LogP contribution in [-0.2, 0) is 14.3 Å². The highest BCUT2D eigenvalue weighted by molar-refractivity contribution is 6.40. The van der Waals surface area contributed by atoms with E-state index in [-0.39, 0.29) is 27.7 Å². The fourth-order valence-corrected chi connectivity index (χ4v) is 3.22. The molecule has 1 aromatic carbocycles. The van der Waals surface area contributed by atoms with Crippen LogP contribution >= 0.6 is 34.8 Å². The Balaban J connectivity index is 2.10. The van der Waals surface area contributed by atoms with Gasteiger partial charge in [-0.1, -0.05) is 67.4 Å². The number of unbranched alkanes of at least 4 members (excludes halogenated alkanes) is 5. The van der Waals surface area contributed by atoms with Gasteiger partial charge in [0, 0.05) is 17.9 Å². The minimum absolute atomic E-state index is 0.117. The molecule has 7 heteroatoms. The average molecular weight is 424 g/mol. The Kier molecular flexibility index (Phi) is 11.7. The van der Waals surface area contributed by atoms with E-state index in [9.17, 15) is 9.59 Å². The zero-order valence-corrected chi connectivity index (χ0v) is 17.3. The standard InChI is InChI=1S/C19H25Cl3O4/c1-2-11-25-17(23)9-7-5-3-4-6-8-10-18(24)26-19-15(21)12-14(20)13-16(19)22/h12-13H,2-11H2,1H3. The number of carbonyl (C=O) groups is 2. The Hall–Kier alpha value is -0.970. The van der Waals surface area contributed by atoms with Crippen LogP contribution in [0, 0.1) is 0 Å². The van der Waals surface area contributed by atoms with Gasteiger partial charge in [-0.15, -0.1) is 0 Å². The molecule has 1 aromatic rings. The molecule has 1 rings (SSSR count). The van der Waals surface area contributed by atoms with Crippen LogP contribution in [0.25, 0.3) is 0 Å². The van der Waals surface area contributed by atoms with Crippen molar-refractivity contribution in [1.29, 1.82) is 0 Å². The molecule has 26 heavy (non-hydrogen) atoms. The third kappa shape index (κ3) is 9.65. The predicted octanol–water partition coefficient (Wildman–Crippen LogP) is 6.63. The van der Waals surface area contributed by atoms with E-state index in [1.54, 1.807) is 0 Å². The fourth-order valence-electron chi connectivity index (χ4n) is 2.33. The number of hydrogen-bond donors (Lipinski definition) is 0. The van der Waals surface area contributed by atoms with Gasteiger partial charge in [-0.3, -0.25) is 9.59 Å². The molecular weight excluding hydrogens is 399 g/mol. The molecule has 0 aromatic heterocycles. The monoisotopic (exact) mass is 422 g/mol. The first-order valence-corrected chi connectivity index (χ1v) is 10.1. The van der Waals surface area contributed by atoms with Crippen molar-refractivity contribution in [2.75, 3.05) is 6.61 Å². The number of esters is 2. The van der Waals surface area contributed by atoms with Gasteiger partial charge in [0.2, 0.25) is 0 Å². The third-order valence-electron chi connectivity index (χ3n) is 3.66. The molecule has 146 valence electrons. The molecule has 0 aliphatic carbocycles. The number of hydrogen-bond acceptors (Lipinski definition) is 4. The first-order valence-electron chi connectivity index (χ1n) is 8.95. The molecule has 0 amide bonds. The highest BCUT2D eigenvalue weighted by atomic mass is 35.5. The molecule has 4 nitrogen and oxygen atoms in total. The van der Waals surface area contributed by atoms with E-state index >= 15 is 0 Å². The van der Waals surface area contributed by atoms with Crippen molar-refractivity contribution in [3.05, 3.63) is 27.2 Å². The topological polar surface area (TPSA) is 52.6 Å². The van der Waals surface area contributed by atoms with Crippen LogP contribution in [0.15, 0.2) is 12.1 Å². The summed E-state index contributed by atoms with van der Waals surface area (Å²) in [6.45, 7) is 2.48. The number of rotatable bonds is 12. The normalized spacial score (nSPS) is 10.6. The highest BCUT2D eigenvalue weighted by Gasteiger charge is 2.13. The van der Waals surface area contributed by atoms with Crippen molar-refractivity contribution in [3.8, 4) is 5.75 Å². The first kappa shape index (κ1) is 23.1. The summed E-state index contributed by atoms with van der Waals surface area (Å²) in [6.07, 6.45) is 7.18. The summed E-state index contributed by atoms with van der Waals surface area (Å²) < 4.78 is 10.2. The van der Waals surface area contributed by atoms with Crippen molar-refractivity contribution < 1.29 is 19.1 Å². The number of halogens is 3. The summed E-state index contributed by atoms with van der Waals surface area (Å²) in [6, 6.07) is 2.96. The molecule has 0 heterocycles. The van der Waals surface area contributed by atoms with Crippen LogP contribution in [0.1, 0.15) is 64.7 Å². The van der Waals surface area contributed by atoms with E-state index in [0.717, 1.165) is 44.9 Å². The summed E-state index contributed by atoms with van der Waals surface area (Å²) in [5.41, 5.74) is 0. The van der Waals surface area contributed by atoms with E-state index in [1.807, 2.05) is 6.92 Å². The first-order chi connectivity index (χ1) is 12.4. The van der Waals surface area contributed by atoms with Gasteiger partial charge in [-0.2, -0.15) is 0 Å². The Bertz CT molecular complexity index is 567. The minimum atomic E-state index is -0.366. The van der Waals surface area contributed by atoms with Gasteiger partial charge < -0.3 is 9.47 Å². The van der Waals surface area contributed by atoms with Crippen LogP contribution in [0.5, 0.6) is 5.75 Å². The Morgan fingerprint density at radius 3 is 1.88 bits per heavy atom. The summed E-state index contributed by atoms with van der Waals surface area (Å²) in [7, 11) is 0. The maximum atomic E-state index is 11.9. The summed E-state index contributed by atoms with van der Waals surface area (Å²) >= 11 is 17.8. The second kappa shape index (κ2) is 13.2. The van der Waals surface area contributed by atoms with Gasteiger partial charge in [0.05, 0.1) is 16.7 Å². The average Bonchev–Trinajstić information content (AvgIpc) is 2.58. The van der Waals surface area contributed by atoms with Crippen molar-refractivity contribution in [1.82, 2.24) is 0 Å². The van der Waals surface area contributed by atoms with Gasteiger partial charge in [-0.25, -0.2) is 0 Å². The lowest BCUT2D eigenvalue weighted by atomic mass is 10.1. The molecule has 0 aliphatic rings. The third-order valence-corrected chi connectivity index (χ3v) is 4.44. The van der Waals surface area contributed by atoms with Crippen molar-refractivity contribution in [2.45, 2.75) is 64.7 Å². The largest absolute Gasteiger partial charge is 0.466 e. The van der Waals surface area contributed by atoms with E-state index in [4.69, 9.17) is 44.3 Å². The Labute approximate surface area is 170 Å². The van der Waals surface area contributed by atoms with Crippen molar-refractivity contribution in [2.24, 2.45) is 0 Å². The lowest BCUT2D eigenvalue weighted by Crippen LogP contribution is -2.08. The van der Waals surface area contributed by atoms with Gasteiger partial charge in [-0.05, 0) is 31.4 Å². The fraction of sp³-hybridized carbons (Fsp3) is 0.579. The second-order valence-electron chi connectivity index (χ2n) is 6.01. The van der Waals surface area contributed by atoms with Crippen LogP contribution in [0.4, 0.5) is 0 Å². The molecular formula is C19H25Cl3O4. The smallest absolute Gasteiger partial charge is 0.311 e. The Morgan fingerprint density at radius 2 is 1.35 bits per heavy atom. The maximum absolute atomic E-state index is 11.9. The van der Waals surface area contributed by atoms with Crippen molar-refractivity contribution >= 4 is 46.7 Å². The number of benzene rings is 1. The molecule has 0 unspecified atom stereocenters. The van der Waals surface area contributed by atoms with Crippen LogP contribution in [0.2, 0.25) is 15.1 Å². The highest BCUT2D eigenvalue weighted by Crippen LogP contribution is 2.36. The minimum Gasteiger partial charge on any atom is -0.466 e. The quantitative estimate of drug-likeness (QED) is 0.215. The lowest BCUT2D eigenvalue weighted by molar-refractivity contribution is -0.143. The molecule has 0 saturated heterocycles. The number of carbonyl (C=O) groups excluding carboxylic acids is 2. The molecule has 0 spiro atoms. The van der Waals surface area contributed by atoms with Gasteiger partial charge in [0.25, 0.3) is 0 Å². The van der Waals surface area contributed by atoms with Crippen LogP contribution in [-0.4, -0.2) is 18.5 Å². The molecule has 0 saturated carbocycles. The zero-order chi connectivity index (χ0) is 19.4. The predicted molar refractivity (Wildman–Crippen MR) is 105 cm³/mol. The molecule has 0 fully saturated rings. The lowest BCUT2D eigenvalue weighted by Gasteiger charge is -2.08. The molecule has 0 N–H and O–H groups in total. The van der Waals surface area contributed by atoms with E-state index in [1.165, 1.54) is 12.1 Å². The van der Waals surface area contributed by atoms with Gasteiger partial charge >= 0.3 is 11.9 Å². The van der Waals surface area contributed by atoms with Crippen LogP contribution < -0.4 is 4.74 Å². The summed E-state index contributed by atoms with van der Waals surface area (Å²) in [5, 5.41) is 0.819. The van der Waals surface area contributed by atoms with E-state index in [0.29, 0.717) is 24.5 Å². The SMILES string of the molecule is CCCOC(=O)CCCCCCCCC(=O)Oc1c(Cl)cc(Cl)cc1Cl. The molecule has 0 radical (unpaired) electrons. The van der Waals surface area contributed by atoms with E-state index < -0.39 is 0 Å². The van der Waals surface area contributed by atoms with Crippen LogP contribution in [0.3, 0.4) is 0 Å². The van der Waals surface area contributed by atoms with Gasteiger partial charge in [0.15, 0.2) is 5.75 Å². The van der Waals surface area contributed by atoms with E-state index in [2.05, 4.69) is 0 Å². The number of ether oxygens (including phenoxy) is 2.